The van der Waals surface area contributed by atoms with Gasteiger partial charge in [0.05, 0.1) is 5.69 Å². The summed E-state index contributed by atoms with van der Waals surface area (Å²) in [5, 5.41) is 9.40. The van der Waals surface area contributed by atoms with E-state index in [4.69, 9.17) is 0 Å². The van der Waals surface area contributed by atoms with Crippen LogP contribution in [0.5, 0.6) is 0 Å². The maximum atomic E-state index is 4.65. The summed E-state index contributed by atoms with van der Waals surface area (Å²) in [5.41, 5.74) is 2.29. The van der Waals surface area contributed by atoms with Crippen LogP contribution < -0.4 is 10.6 Å². The zero-order chi connectivity index (χ0) is 13.5. The standard InChI is InChI=1S/C14H18N4S/c1-15-14(16-2)17-9-8-12-10-19-13(18-12)11-6-4-3-5-7-11/h3-7,10H,8-9H2,1-2H3,(H2,15,16,17). The molecule has 19 heavy (non-hydrogen) atoms. The molecule has 4 nitrogen and oxygen atoms in total. The molecule has 2 rings (SSSR count). The molecule has 0 saturated carbocycles. The van der Waals surface area contributed by atoms with Crippen molar-refractivity contribution in [3.05, 3.63) is 41.4 Å². The van der Waals surface area contributed by atoms with Gasteiger partial charge in [-0.3, -0.25) is 4.99 Å². The van der Waals surface area contributed by atoms with Gasteiger partial charge < -0.3 is 10.6 Å². The summed E-state index contributed by atoms with van der Waals surface area (Å²) in [7, 11) is 3.61. The lowest BCUT2D eigenvalue weighted by atomic mass is 10.2. The average Bonchev–Trinajstić information content (AvgIpc) is 2.93. The molecule has 0 aliphatic rings. The number of nitrogens with zero attached hydrogens (tertiary/aromatic N) is 2. The van der Waals surface area contributed by atoms with Gasteiger partial charge in [0.1, 0.15) is 5.01 Å². The number of hydrogen-bond donors (Lipinski definition) is 2. The number of aromatic nitrogens is 1. The minimum absolute atomic E-state index is 0.804. The van der Waals surface area contributed by atoms with Gasteiger partial charge in [-0.1, -0.05) is 30.3 Å². The number of nitrogens with one attached hydrogen (secondary N) is 2. The lowest BCUT2D eigenvalue weighted by Gasteiger charge is -2.06. The highest BCUT2D eigenvalue weighted by molar-refractivity contribution is 7.13. The van der Waals surface area contributed by atoms with Crippen molar-refractivity contribution in [3.63, 3.8) is 0 Å². The van der Waals surface area contributed by atoms with Gasteiger partial charge >= 0.3 is 0 Å². The highest BCUT2D eigenvalue weighted by atomic mass is 32.1. The summed E-state index contributed by atoms with van der Waals surface area (Å²) in [6.45, 7) is 0.825. The summed E-state index contributed by atoms with van der Waals surface area (Å²) in [5.74, 6) is 0.804. The van der Waals surface area contributed by atoms with E-state index >= 15 is 0 Å². The van der Waals surface area contributed by atoms with E-state index in [0.717, 1.165) is 29.6 Å². The van der Waals surface area contributed by atoms with Crippen molar-refractivity contribution in [1.82, 2.24) is 15.6 Å². The molecule has 100 valence electrons. The molecule has 0 saturated heterocycles. The fraction of sp³-hybridized carbons (Fsp3) is 0.286. The van der Waals surface area contributed by atoms with Gasteiger partial charge in [0.2, 0.25) is 0 Å². The van der Waals surface area contributed by atoms with Gasteiger partial charge in [-0.25, -0.2) is 4.98 Å². The molecule has 1 aromatic carbocycles. The van der Waals surface area contributed by atoms with E-state index in [-0.39, 0.29) is 0 Å². The van der Waals surface area contributed by atoms with Crippen LogP contribution in [-0.4, -0.2) is 31.6 Å². The van der Waals surface area contributed by atoms with E-state index in [2.05, 4.69) is 38.1 Å². The summed E-state index contributed by atoms with van der Waals surface area (Å²) >= 11 is 1.69. The van der Waals surface area contributed by atoms with Crippen molar-refractivity contribution in [3.8, 4) is 10.6 Å². The number of rotatable bonds is 4. The van der Waals surface area contributed by atoms with Crippen LogP contribution in [0.3, 0.4) is 0 Å². The molecular weight excluding hydrogens is 256 g/mol. The largest absolute Gasteiger partial charge is 0.359 e. The van der Waals surface area contributed by atoms with Crippen molar-refractivity contribution in [1.29, 1.82) is 0 Å². The van der Waals surface area contributed by atoms with E-state index in [1.807, 2.05) is 25.2 Å². The molecule has 2 aromatic rings. The highest BCUT2D eigenvalue weighted by Crippen LogP contribution is 2.23. The Morgan fingerprint density at radius 3 is 2.79 bits per heavy atom. The van der Waals surface area contributed by atoms with Crippen molar-refractivity contribution < 1.29 is 0 Å². The lowest BCUT2D eigenvalue weighted by Crippen LogP contribution is -2.35. The molecule has 2 N–H and O–H groups in total. The first-order chi connectivity index (χ1) is 9.33. The van der Waals surface area contributed by atoms with Crippen LogP contribution in [0.15, 0.2) is 40.7 Å². The van der Waals surface area contributed by atoms with Gasteiger partial charge in [0.25, 0.3) is 0 Å². The number of benzene rings is 1. The molecular formula is C14H18N4S. The zero-order valence-electron chi connectivity index (χ0n) is 11.2. The van der Waals surface area contributed by atoms with Crippen LogP contribution in [0, 0.1) is 0 Å². The van der Waals surface area contributed by atoms with Crippen molar-refractivity contribution in [2.45, 2.75) is 6.42 Å². The molecule has 0 fully saturated rings. The Kier molecular flexibility index (Phi) is 4.92. The van der Waals surface area contributed by atoms with Gasteiger partial charge in [0, 0.05) is 38.0 Å². The Hall–Kier alpha value is -1.88. The second-order valence-electron chi connectivity index (χ2n) is 4.01. The molecule has 0 bridgehead atoms. The predicted molar refractivity (Wildman–Crippen MR) is 81.7 cm³/mol. The third-order valence-electron chi connectivity index (χ3n) is 2.71. The lowest BCUT2D eigenvalue weighted by molar-refractivity contribution is 0.821. The van der Waals surface area contributed by atoms with E-state index in [9.17, 15) is 0 Å². The summed E-state index contributed by atoms with van der Waals surface area (Å²) in [6.07, 6.45) is 0.893. The summed E-state index contributed by atoms with van der Waals surface area (Å²) < 4.78 is 0. The molecule has 0 aliphatic carbocycles. The van der Waals surface area contributed by atoms with Gasteiger partial charge in [-0.05, 0) is 0 Å². The Morgan fingerprint density at radius 1 is 1.32 bits per heavy atom. The van der Waals surface area contributed by atoms with Crippen LogP contribution >= 0.6 is 11.3 Å². The SMILES string of the molecule is CN=C(NC)NCCc1csc(-c2ccccc2)n1. The Morgan fingerprint density at radius 2 is 2.11 bits per heavy atom. The van der Waals surface area contributed by atoms with E-state index in [0.29, 0.717) is 0 Å². The van der Waals surface area contributed by atoms with Crippen molar-refractivity contribution in [2.24, 2.45) is 4.99 Å². The first-order valence-electron chi connectivity index (χ1n) is 6.21. The minimum atomic E-state index is 0.804. The van der Waals surface area contributed by atoms with E-state index in [1.165, 1.54) is 5.56 Å². The second-order valence-corrected chi connectivity index (χ2v) is 4.87. The predicted octanol–water partition coefficient (Wildman–Crippen LogP) is 2.15. The Bertz CT molecular complexity index is 533. The maximum absolute atomic E-state index is 4.65. The molecule has 0 atom stereocenters. The Labute approximate surface area is 117 Å². The first kappa shape index (κ1) is 13.5. The first-order valence-corrected chi connectivity index (χ1v) is 7.09. The van der Waals surface area contributed by atoms with E-state index in [1.54, 1.807) is 18.4 Å². The van der Waals surface area contributed by atoms with Crippen LogP contribution in [0.25, 0.3) is 10.6 Å². The molecule has 1 heterocycles. The number of aliphatic imine (C=N–C) groups is 1. The molecule has 0 amide bonds. The molecule has 0 spiro atoms. The topological polar surface area (TPSA) is 49.3 Å². The average molecular weight is 274 g/mol. The summed E-state index contributed by atoms with van der Waals surface area (Å²) in [4.78, 5) is 8.71. The normalized spacial score (nSPS) is 11.4. The number of thiazole rings is 1. The number of guanidine groups is 1. The van der Waals surface area contributed by atoms with Gasteiger partial charge in [0.15, 0.2) is 5.96 Å². The monoisotopic (exact) mass is 274 g/mol. The van der Waals surface area contributed by atoms with E-state index < -0.39 is 0 Å². The molecule has 5 heteroatoms. The third-order valence-corrected chi connectivity index (χ3v) is 3.65. The van der Waals surface area contributed by atoms with Gasteiger partial charge in [-0.2, -0.15) is 0 Å². The second kappa shape index (κ2) is 6.89. The molecule has 0 unspecified atom stereocenters. The molecule has 0 aliphatic heterocycles. The molecule has 0 radical (unpaired) electrons. The van der Waals surface area contributed by atoms with Crippen LogP contribution in [-0.2, 0) is 6.42 Å². The zero-order valence-corrected chi connectivity index (χ0v) is 12.0. The van der Waals surface area contributed by atoms with Crippen LogP contribution in [0.4, 0.5) is 0 Å². The minimum Gasteiger partial charge on any atom is -0.359 e. The fourth-order valence-electron chi connectivity index (χ4n) is 1.72. The third kappa shape index (κ3) is 3.79. The fourth-order valence-corrected chi connectivity index (χ4v) is 2.58. The number of hydrogen-bond acceptors (Lipinski definition) is 3. The van der Waals surface area contributed by atoms with Crippen LogP contribution in [0.1, 0.15) is 5.69 Å². The molecule has 1 aromatic heterocycles. The Balaban J connectivity index is 1.92. The smallest absolute Gasteiger partial charge is 0.190 e. The maximum Gasteiger partial charge on any atom is 0.190 e. The van der Waals surface area contributed by atoms with Gasteiger partial charge in [-0.15, -0.1) is 11.3 Å². The highest BCUT2D eigenvalue weighted by Gasteiger charge is 2.04. The quantitative estimate of drug-likeness (QED) is 0.663. The van der Waals surface area contributed by atoms with Crippen molar-refractivity contribution >= 4 is 17.3 Å². The van der Waals surface area contributed by atoms with Crippen LogP contribution in [0.2, 0.25) is 0 Å². The summed E-state index contributed by atoms with van der Waals surface area (Å²) in [6, 6.07) is 10.3. The van der Waals surface area contributed by atoms with Crippen molar-refractivity contribution in [2.75, 3.05) is 20.6 Å².